The summed E-state index contributed by atoms with van der Waals surface area (Å²) >= 11 is 0. The van der Waals surface area contributed by atoms with Crippen molar-refractivity contribution in [3.05, 3.63) is 139 Å². The Bertz CT molecular complexity index is 2440. The molecule has 4 saturated carbocycles. The average Bonchev–Trinajstić information content (AvgIpc) is 3.17. The lowest BCUT2D eigenvalue weighted by atomic mass is 9.48. The fourth-order valence-electron chi connectivity index (χ4n) is 10.0. The molecule has 0 unspecified atom stereocenters. The summed E-state index contributed by atoms with van der Waals surface area (Å²) in [6.07, 6.45) is 8.51. The Morgan fingerprint density at radius 1 is 0.500 bits per heavy atom. The van der Waals surface area contributed by atoms with Gasteiger partial charge in [0.25, 0.3) is 0 Å². The molecule has 0 saturated heterocycles. The van der Waals surface area contributed by atoms with E-state index in [1.54, 1.807) is 5.56 Å². The number of rotatable bonds is 5. The van der Waals surface area contributed by atoms with Crippen molar-refractivity contribution >= 4 is 21.5 Å². The summed E-state index contributed by atoms with van der Waals surface area (Å²) in [4.78, 5) is 15.3. The van der Waals surface area contributed by atoms with E-state index in [2.05, 4.69) is 97.1 Å². The maximum atomic E-state index is 9.39. The second kappa shape index (κ2) is 11.5. The zero-order valence-corrected chi connectivity index (χ0v) is 27.9. The van der Waals surface area contributed by atoms with Crippen LogP contribution in [0.1, 0.15) is 49.7 Å². The lowest BCUT2D eigenvalue weighted by Gasteiger charge is -2.57. The van der Waals surface area contributed by atoms with Crippen LogP contribution in [0, 0.1) is 29.1 Å². The van der Waals surface area contributed by atoms with Crippen molar-refractivity contribution < 1.29 is 0 Å². The van der Waals surface area contributed by atoms with E-state index in [1.807, 2.05) is 36.4 Å². The van der Waals surface area contributed by atoms with Gasteiger partial charge in [-0.3, -0.25) is 0 Å². The van der Waals surface area contributed by atoms with Crippen LogP contribution in [0.5, 0.6) is 0 Å². The topological polar surface area (TPSA) is 62.5 Å². The molecule has 50 heavy (non-hydrogen) atoms. The maximum Gasteiger partial charge on any atom is 0.164 e. The van der Waals surface area contributed by atoms with Crippen LogP contribution in [0.15, 0.2) is 127 Å². The van der Waals surface area contributed by atoms with Gasteiger partial charge in [0.15, 0.2) is 17.5 Å². The molecule has 0 aliphatic heterocycles. The highest BCUT2D eigenvalue weighted by Gasteiger charge is 2.51. The van der Waals surface area contributed by atoms with Crippen molar-refractivity contribution in [1.29, 1.82) is 5.26 Å². The predicted molar refractivity (Wildman–Crippen MR) is 201 cm³/mol. The van der Waals surface area contributed by atoms with Gasteiger partial charge in [-0.2, -0.15) is 5.26 Å². The largest absolute Gasteiger partial charge is 0.208 e. The van der Waals surface area contributed by atoms with E-state index in [0.29, 0.717) is 28.5 Å². The quantitative estimate of drug-likeness (QED) is 0.175. The molecule has 0 amide bonds. The Hall–Kier alpha value is -5.66. The summed E-state index contributed by atoms with van der Waals surface area (Å²) in [6, 6.07) is 46.9. The average molecular weight is 645 g/mol. The summed E-state index contributed by atoms with van der Waals surface area (Å²) in [5, 5.41) is 13.8. The molecule has 6 aromatic carbocycles. The molecule has 240 valence electrons. The first-order valence-corrected chi connectivity index (χ1v) is 18.0. The molecular formula is C46H36N4. The standard InChI is InChI=1S/C46H36N4/c47-28-29-10-18-40-35(23-29)11-12-36-24-37(15-19-41(36)40)44-48-43(34-6-2-1-3-7-34)49-45(50-44)42-9-5-4-8-39(42)33-13-16-38(17-14-33)46-25-30-20-31(26-46)22-32(21-30)27-46/h1-19,23-24,30-32H,20-22,25-27H2/t30-,31-,32-,46?. The summed E-state index contributed by atoms with van der Waals surface area (Å²) < 4.78 is 0. The van der Waals surface area contributed by atoms with Crippen LogP contribution >= 0.6 is 0 Å². The number of benzene rings is 6. The van der Waals surface area contributed by atoms with Crippen LogP contribution in [-0.2, 0) is 5.41 Å². The Morgan fingerprint density at radius 2 is 1.06 bits per heavy atom. The number of hydrogen-bond donors (Lipinski definition) is 0. The lowest BCUT2D eigenvalue weighted by Crippen LogP contribution is -2.48. The molecule has 4 aliphatic rings. The third-order valence-electron chi connectivity index (χ3n) is 11.9. The molecule has 11 rings (SSSR count). The summed E-state index contributed by atoms with van der Waals surface area (Å²) in [6.45, 7) is 0. The third kappa shape index (κ3) is 4.91. The first kappa shape index (κ1) is 29.3. The van der Waals surface area contributed by atoms with E-state index in [1.165, 1.54) is 44.1 Å². The molecule has 0 atom stereocenters. The summed E-state index contributed by atoms with van der Waals surface area (Å²) in [5.74, 6) is 4.74. The highest BCUT2D eigenvalue weighted by Crippen LogP contribution is 2.60. The van der Waals surface area contributed by atoms with Gasteiger partial charge in [0.2, 0.25) is 0 Å². The first-order valence-electron chi connectivity index (χ1n) is 18.0. The van der Waals surface area contributed by atoms with Crippen LogP contribution in [0.25, 0.3) is 66.8 Å². The molecule has 0 N–H and O–H groups in total. The van der Waals surface area contributed by atoms with Gasteiger partial charge in [-0.15, -0.1) is 0 Å². The molecule has 1 heterocycles. The lowest BCUT2D eigenvalue weighted by molar-refractivity contribution is -0.00518. The van der Waals surface area contributed by atoms with Crippen molar-refractivity contribution in [2.24, 2.45) is 17.8 Å². The zero-order chi connectivity index (χ0) is 33.2. The Kier molecular flexibility index (Phi) is 6.71. The van der Waals surface area contributed by atoms with Crippen molar-refractivity contribution in [2.75, 3.05) is 0 Å². The summed E-state index contributed by atoms with van der Waals surface area (Å²) in [7, 11) is 0. The second-order valence-corrected chi connectivity index (χ2v) is 15.0. The number of nitriles is 1. The molecule has 0 radical (unpaired) electrons. The molecule has 1 aromatic heterocycles. The van der Waals surface area contributed by atoms with Crippen molar-refractivity contribution in [3.63, 3.8) is 0 Å². The number of hydrogen-bond acceptors (Lipinski definition) is 4. The summed E-state index contributed by atoms with van der Waals surface area (Å²) in [5.41, 5.74) is 7.79. The SMILES string of the molecule is N#Cc1ccc2c(ccc3cc(-c4nc(-c5ccccc5)nc(-c5ccccc5-c5ccc(C67C[C@H]8C[C@H](C6)C[C@@H](C7)C8)cc5)n4)ccc32)c1. The highest BCUT2D eigenvalue weighted by molar-refractivity contribution is 6.08. The van der Waals surface area contributed by atoms with E-state index in [-0.39, 0.29) is 0 Å². The fourth-order valence-corrected chi connectivity index (χ4v) is 10.0. The molecule has 4 bridgehead atoms. The highest BCUT2D eigenvalue weighted by atomic mass is 15.0. The second-order valence-electron chi connectivity index (χ2n) is 15.0. The molecule has 4 aliphatic carbocycles. The van der Waals surface area contributed by atoms with Crippen molar-refractivity contribution in [1.82, 2.24) is 15.0 Å². The fraction of sp³-hybridized carbons (Fsp3) is 0.217. The van der Waals surface area contributed by atoms with E-state index in [9.17, 15) is 5.26 Å². The Morgan fingerprint density at radius 3 is 1.74 bits per heavy atom. The minimum atomic E-state index is 0.381. The van der Waals surface area contributed by atoms with Crippen LogP contribution in [0.4, 0.5) is 0 Å². The van der Waals surface area contributed by atoms with E-state index in [0.717, 1.165) is 61.6 Å². The minimum Gasteiger partial charge on any atom is -0.208 e. The van der Waals surface area contributed by atoms with Gasteiger partial charge < -0.3 is 0 Å². The normalized spacial score (nSPS) is 22.2. The van der Waals surface area contributed by atoms with Crippen molar-refractivity contribution in [2.45, 2.75) is 43.9 Å². The molecule has 4 heteroatoms. The molecule has 4 nitrogen and oxygen atoms in total. The molecule has 7 aromatic rings. The Balaban J connectivity index is 1.07. The smallest absolute Gasteiger partial charge is 0.164 e. The van der Waals surface area contributed by atoms with E-state index < -0.39 is 0 Å². The number of fused-ring (bicyclic) bond motifs is 3. The molecule has 0 spiro atoms. The Labute approximate surface area is 292 Å². The van der Waals surface area contributed by atoms with Crippen LogP contribution in [0.3, 0.4) is 0 Å². The monoisotopic (exact) mass is 644 g/mol. The predicted octanol–water partition coefficient (Wildman–Crippen LogP) is 11.2. The first-order chi connectivity index (χ1) is 24.6. The van der Waals surface area contributed by atoms with Gasteiger partial charge in [0, 0.05) is 16.7 Å². The van der Waals surface area contributed by atoms with Crippen molar-refractivity contribution in [3.8, 4) is 51.4 Å². The molecule has 4 fully saturated rings. The third-order valence-corrected chi connectivity index (χ3v) is 11.9. The van der Waals surface area contributed by atoms with Gasteiger partial charge in [-0.1, -0.05) is 109 Å². The maximum absolute atomic E-state index is 9.39. The van der Waals surface area contributed by atoms with Crippen LogP contribution in [0.2, 0.25) is 0 Å². The van der Waals surface area contributed by atoms with Gasteiger partial charge in [-0.25, -0.2) is 15.0 Å². The zero-order valence-electron chi connectivity index (χ0n) is 27.9. The van der Waals surface area contributed by atoms with Gasteiger partial charge in [-0.05, 0) is 118 Å². The van der Waals surface area contributed by atoms with Crippen LogP contribution in [-0.4, -0.2) is 15.0 Å². The van der Waals surface area contributed by atoms with Gasteiger partial charge in [0.1, 0.15) is 0 Å². The number of aromatic nitrogens is 3. The molecular weight excluding hydrogens is 609 g/mol. The minimum absolute atomic E-state index is 0.381. The van der Waals surface area contributed by atoms with Gasteiger partial charge in [0.05, 0.1) is 11.6 Å². The van der Waals surface area contributed by atoms with Crippen LogP contribution < -0.4 is 0 Å². The van der Waals surface area contributed by atoms with E-state index >= 15 is 0 Å². The van der Waals surface area contributed by atoms with E-state index in [4.69, 9.17) is 15.0 Å². The van der Waals surface area contributed by atoms with Gasteiger partial charge >= 0.3 is 0 Å². The number of nitrogens with zero attached hydrogens (tertiary/aromatic N) is 4.